The highest BCUT2D eigenvalue weighted by molar-refractivity contribution is 5.57. The quantitative estimate of drug-likeness (QED) is 0.773. The van der Waals surface area contributed by atoms with Gasteiger partial charge in [0.25, 0.3) is 0 Å². The molecule has 88 valence electrons. The molecule has 0 unspecified atom stereocenters. The lowest BCUT2D eigenvalue weighted by atomic mass is 10.1. The lowest BCUT2D eigenvalue weighted by Crippen LogP contribution is -2.14. The minimum Gasteiger partial charge on any atom is -0.399 e. The summed E-state index contributed by atoms with van der Waals surface area (Å²) in [7, 11) is 0. The number of hydrogen-bond donors (Lipinski definition) is 1. The summed E-state index contributed by atoms with van der Waals surface area (Å²) in [4.78, 5) is 2.25. The SMILES string of the molecule is N#Cc1cccc(N2Cc3ccc(N)cc3C2)c1. The van der Waals surface area contributed by atoms with E-state index in [4.69, 9.17) is 11.0 Å². The molecule has 3 rings (SSSR count). The van der Waals surface area contributed by atoms with Crippen LogP contribution in [-0.2, 0) is 13.1 Å². The molecule has 0 fully saturated rings. The van der Waals surface area contributed by atoms with Gasteiger partial charge in [-0.05, 0) is 41.5 Å². The molecule has 1 heterocycles. The van der Waals surface area contributed by atoms with E-state index < -0.39 is 0 Å². The van der Waals surface area contributed by atoms with Crippen LogP contribution < -0.4 is 10.6 Å². The fourth-order valence-corrected chi connectivity index (χ4v) is 2.37. The zero-order chi connectivity index (χ0) is 12.5. The maximum absolute atomic E-state index is 8.93. The van der Waals surface area contributed by atoms with Crippen LogP contribution in [0.5, 0.6) is 0 Å². The first-order valence-corrected chi connectivity index (χ1v) is 5.88. The first-order chi connectivity index (χ1) is 8.76. The van der Waals surface area contributed by atoms with Crippen LogP contribution >= 0.6 is 0 Å². The van der Waals surface area contributed by atoms with Gasteiger partial charge in [0, 0.05) is 24.5 Å². The largest absolute Gasteiger partial charge is 0.399 e. The molecule has 0 amide bonds. The van der Waals surface area contributed by atoms with Crippen LogP contribution in [0.15, 0.2) is 42.5 Å². The Bertz CT molecular complexity index is 640. The molecular weight excluding hydrogens is 222 g/mol. The highest BCUT2D eigenvalue weighted by Gasteiger charge is 2.19. The van der Waals surface area contributed by atoms with Crippen LogP contribution in [0.2, 0.25) is 0 Å². The minimum atomic E-state index is 0.697. The second kappa shape index (κ2) is 4.08. The molecule has 2 aromatic rings. The fourth-order valence-electron chi connectivity index (χ4n) is 2.37. The molecule has 3 nitrogen and oxygen atoms in total. The van der Waals surface area contributed by atoms with E-state index in [1.165, 1.54) is 11.1 Å². The van der Waals surface area contributed by atoms with Crippen molar-refractivity contribution in [2.75, 3.05) is 10.6 Å². The second-order valence-electron chi connectivity index (χ2n) is 4.55. The van der Waals surface area contributed by atoms with Gasteiger partial charge in [0.05, 0.1) is 11.6 Å². The second-order valence-corrected chi connectivity index (χ2v) is 4.55. The van der Waals surface area contributed by atoms with Crippen LogP contribution in [0.25, 0.3) is 0 Å². The van der Waals surface area contributed by atoms with Gasteiger partial charge >= 0.3 is 0 Å². The molecule has 0 saturated heterocycles. The Morgan fingerprint density at radius 2 is 1.89 bits per heavy atom. The van der Waals surface area contributed by atoms with Crippen LogP contribution in [0, 0.1) is 11.3 Å². The number of nitriles is 1. The average Bonchev–Trinajstić information content (AvgIpc) is 2.81. The smallest absolute Gasteiger partial charge is 0.0992 e. The molecule has 18 heavy (non-hydrogen) atoms. The minimum absolute atomic E-state index is 0.697. The van der Waals surface area contributed by atoms with Gasteiger partial charge in [-0.15, -0.1) is 0 Å². The molecule has 3 heteroatoms. The Balaban J connectivity index is 1.91. The van der Waals surface area contributed by atoms with Crippen molar-refractivity contribution in [1.29, 1.82) is 5.26 Å². The molecule has 2 aromatic carbocycles. The van der Waals surface area contributed by atoms with Gasteiger partial charge in [-0.1, -0.05) is 12.1 Å². The van der Waals surface area contributed by atoms with Gasteiger partial charge in [-0.3, -0.25) is 0 Å². The summed E-state index contributed by atoms with van der Waals surface area (Å²) in [6, 6.07) is 15.9. The van der Waals surface area contributed by atoms with Crippen molar-refractivity contribution in [2.24, 2.45) is 0 Å². The molecule has 0 aromatic heterocycles. The first kappa shape index (κ1) is 10.7. The van der Waals surface area contributed by atoms with Crippen molar-refractivity contribution in [1.82, 2.24) is 0 Å². The van der Waals surface area contributed by atoms with E-state index in [2.05, 4.69) is 17.0 Å². The number of nitrogens with two attached hydrogens (primary N) is 1. The number of rotatable bonds is 1. The van der Waals surface area contributed by atoms with Gasteiger partial charge in [0.1, 0.15) is 0 Å². The lowest BCUT2D eigenvalue weighted by molar-refractivity contribution is 0.880. The molecule has 0 radical (unpaired) electrons. The Morgan fingerprint density at radius 1 is 1.06 bits per heavy atom. The van der Waals surface area contributed by atoms with Crippen molar-refractivity contribution < 1.29 is 0 Å². The van der Waals surface area contributed by atoms with Gasteiger partial charge in [0.2, 0.25) is 0 Å². The van der Waals surface area contributed by atoms with Gasteiger partial charge < -0.3 is 10.6 Å². The third-order valence-electron chi connectivity index (χ3n) is 3.29. The summed E-state index contributed by atoms with van der Waals surface area (Å²) in [5.41, 5.74) is 11.0. The average molecular weight is 235 g/mol. The normalized spacial score (nSPS) is 13.2. The Morgan fingerprint density at radius 3 is 2.72 bits per heavy atom. The van der Waals surface area contributed by atoms with Crippen molar-refractivity contribution in [3.8, 4) is 6.07 Å². The van der Waals surface area contributed by atoms with E-state index in [1.54, 1.807) is 0 Å². The molecule has 1 aliphatic heterocycles. The van der Waals surface area contributed by atoms with Gasteiger partial charge in [0.15, 0.2) is 0 Å². The van der Waals surface area contributed by atoms with Crippen LogP contribution in [-0.4, -0.2) is 0 Å². The molecule has 0 spiro atoms. The summed E-state index contributed by atoms with van der Waals surface area (Å²) >= 11 is 0. The third kappa shape index (κ3) is 1.78. The maximum atomic E-state index is 8.93. The number of hydrogen-bond acceptors (Lipinski definition) is 3. The summed E-state index contributed by atoms with van der Waals surface area (Å²) in [6.45, 7) is 1.74. The number of anilines is 2. The highest BCUT2D eigenvalue weighted by Crippen LogP contribution is 2.29. The van der Waals surface area contributed by atoms with E-state index in [1.807, 2.05) is 36.4 Å². The van der Waals surface area contributed by atoms with E-state index >= 15 is 0 Å². The van der Waals surface area contributed by atoms with Crippen molar-refractivity contribution in [2.45, 2.75) is 13.1 Å². The van der Waals surface area contributed by atoms with Gasteiger partial charge in [-0.25, -0.2) is 0 Å². The number of nitrogen functional groups attached to an aromatic ring is 1. The summed E-state index contributed by atoms with van der Waals surface area (Å²) in [5.74, 6) is 0. The predicted molar refractivity (Wildman–Crippen MR) is 71.9 cm³/mol. The number of fused-ring (bicyclic) bond motifs is 1. The van der Waals surface area contributed by atoms with E-state index in [-0.39, 0.29) is 0 Å². The monoisotopic (exact) mass is 235 g/mol. The number of benzene rings is 2. The molecule has 0 bridgehead atoms. The molecule has 0 aliphatic carbocycles. The Kier molecular flexibility index (Phi) is 2.42. The zero-order valence-electron chi connectivity index (χ0n) is 9.93. The Labute approximate surface area is 106 Å². The standard InChI is InChI=1S/C15H13N3/c16-8-11-2-1-3-15(6-11)18-9-12-4-5-14(17)7-13(12)10-18/h1-7H,9-10,17H2. The van der Waals surface area contributed by atoms with Crippen LogP contribution in [0.3, 0.4) is 0 Å². The van der Waals surface area contributed by atoms with E-state index in [9.17, 15) is 0 Å². The summed E-state index contributed by atoms with van der Waals surface area (Å²) < 4.78 is 0. The van der Waals surface area contributed by atoms with Crippen LogP contribution in [0.4, 0.5) is 11.4 Å². The molecule has 1 aliphatic rings. The van der Waals surface area contributed by atoms with E-state index in [0.29, 0.717) is 5.56 Å². The molecule has 2 N–H and O–H groups in total. The van der Waals surface area contributed by atoms with Crippen LogP contribution in [0.1, 0.15) is 16.7 Å². The fraction of sp³-hybridized carbons (Fsp3) is 0.133. The summed E-state index contributed by atoms with van der Waals surface area (Å²) in [5, 5.41) is 8.93. The van der Waals surface area contributed by atoms with Gasteiger partial charge in [-0.2, -0.15) is 5.26 Å². The topological polar surface area (TPSA) is 53.0 Å². The van der Waals surface area contributed by atoms with E-state index in [0.717, 1.165) is 24.5 Å². The zero-order valence-corrected chi connectivity index (χ0v) is 9.93. The van der Waals surface area contributed by atoms with Crippen molar-refractivity contribution in [3.05, 3.63) is 59.2 Å². The maximum Gasteiger partial charge on any atom is 0.0992 e. The Hall–Kier alpha value is -2.47. The number of nitrogens with zero attached hydrogens (tertiary/aromatic N) is 2. The first-order valence-electron chi connectivity index (χ1n) is 5.88. The van der Waals surface area contributed by atoms with Crippen molar-refractivity contribution >= 4 is 11.4 Å². The lowest BCUT2D eigenvalue weighted by Gasteiger charge is -2.17. The highest BCUT2D eigenvalue weighted by atomic mass is 15.1. The third-order valence-corrected chi connectivity index (χ3v) is 3.29. The predicted octanol–water partition coefficient (Wildman–Crippen LogP) is 2.66. The van der Waals surface area contributed by atoms with Crippen molar-refractivity contribution in [3.63, 3.8) is 0 Å². The molecule has 0 atom stereocenters. The molecule has 0 saturated carbocycles. The summed E-state index contributed by atoms with van der Waals surface area (Å²) in [6.07, 6.45) is 0. The molecular formula is C15H13N3.